The minimum absolute atomic E-state index is 0.239. The summed E-state index contributed by atoms with van der Waals surface area (Å²) in [5, 5.41) is 0. The predicted octanol–water partition coefficient (Wildman–Crippen LogP) is -0.536. The molecule has 0 aliphatic carbocycles. The number of nitrogens with two attached hydrogens (primary N) is 1. The van der Waals surface area contributed by atoms with E-state index in [0.29, 0.717) is 18.0 Å². The number of hydrogen-bond donors (Lipinski definition) is 2. The number of thiocarbonyl (C=S) groups is 1. The van der Waals surface area contributed by atoms with Crippen molar-refractivity contribution in [3.05, 3.63) is 0 Å². The molecule has 0 aromatic carbocycles. The molecule has 1 atom stereocenters. The van der Waals surface area contributed by atoms with Gasteiger partial charge in [0.1, 0.15) is 0 Å². The molecule has 0 saturated heterocycles. The zero-order valence-electron chi connectivity index (χ0n) is 9.76. The summed E-state index contributed by atoms with van der Waals surface area (Å²) in [6.45, 7) is 2.31. The molecule has 0 rings (SSSR count). The van der Waals surface area contributed by atoms with Crippen molar-refractivity contribution >= 4 is 27.4 Å². The fourth-order valence-electron chi connectivity index (χ4n) is 1.03. The van der Waals surface area contributed by atoms with Gasteiger partial charge in [-0.25, -0.2) is 0 Å². The molecule has 0 bridgehead atoms. The summed E-state index contributed by atoms with van der Waals surface area (Å²) in [4.78, 5) is 0.298. The van der Waals surface area contributed by atoms with Gasteiger partial charge in [-0.2, -0.15) is 17.4 Å². The van der Waals surface area contributed by atoms with Crippen LogP contribution in [0.25, 0.3) is 0 Å². The Morgan fingerprint density at radius 2 is 2.19 bits per heavy atom. The fraction of sp³-hybridized carbons (Fsp3) is 0.875. The second-order valence-electron chi connectivity index (χ2n) is 3.43. The van der Waals surface area contributed by atoms with Crippen LogP contribution in [0.3, 0.4) is 0 Å². The first-order valence-corrected chi connectivity index (χ1v) is 6.66. The minimum atomic E-state index is -3.49. The highest BCUT2D eigenvalue weighted by atomic mass is 32.2. The van der Waals surface area contributed by atoms with Crippen molar-refractivity contribution in [1.82, 2.24) is 9.03 Å². The molecule has 0 aliphatic heterocycles. The largest absolute Gasteiger partial charge is 0.393 e. The maximum atomic E-state index is 11.7. The monoisotopic (exact) mass is 269 g/mol. The van der Waals surface area contributed by atoms with Crippen LogP contribution in [0.4, 0.5) is 0 Å². The zero-order chi connectivity index (χ0) is 12.8. The van der Waals surface area contributed by atoms with Gasteiger partial charge in [-0.05, 0) is 6.92 Å². The van der Waals surface area contributed by atoms with Gasteiger partial charge in [-0.1, -0.05) is 12.2 Å². The molecule has 0 fully saturated rings. The van der Waals surface area contributed by atoms with Crippen molar-refractivity contribution in [2.45, 2.75) is 19.4 Å². The summed E-state index contributed by atoms with van der Waals surface area (Å²) in [6.07, 6.45) is 0.358. The Hall–Kier alpha value is -0.280. The third kappa shape index (κ3) is 5.71. The number of methoxy groups -OCH3 is 1. The van der Waals surface area contributed by atoms with Crippen LogP contribution in [0.15, 0.2) is 0 Å². The fourth-order valence-corrected chi connectivity index (χ4v) is 2.37. The van der Waals surface area contributed by atoms with Gasteiger partial charge < -0.3 is 10.5 Å². The Kier molecular flexibility index (Phi) is 7.00. The first-order valence-electron chi connectivity index (χ1n) is 4.81. The molecule has 0 aromatic rings. The van der Waals surface area contributed by atoms with Gasteiger partial charge in [0, 0.05) is 33.2 Å². The zero-order valence-corrected chi connectivity index (χ0v) is 11.4. The topological polar surface area (TPSA) is 84.7 Å². The Balaban J connectivity index is 4.33. The third-order valence-corrected chi connectivity index (χ3v) is 3.94. The molecule has 96 valence electrons. The Labute approximate surface area is 102 Å². The van der Waals surface area contributed by atoms with Crippen LogP contribution in [0.5, 0.6) is 0 Å². The smallest absolute Gasteiger partial charge is 0.279 e. The maximum Gasteiger partial charge on any atom is 0.279 e. The number of rotatable bonds is 8. The lowest BCUT2D eigenvalue weighted by molar-refractivity contribution is 0.203. The first-order chi connectivity index (χ1) is 7.31. The molecule has 0 heterocycles. The second-order valence-corrected chi connectivity index (χ2v) is 5.77. The second kappa shape index (κ2) is 7.13. The van der Waals surface area contributed by atoms with Crippen molar-refractivity contribution in [3.8, 4) is 0 Å². The lowest BCUT2D eigenvalue weighted by Crippen LogP contribution is -2.45. The summed E-state index contributed by atoms with van der Waals surface area (Å²) in [6, 6.07) is -0.266. The van der Waals surface area contributed by atoms with Crippen molar-refractivity contribution in [1.29, 1.82) is 0 Å². The van der Waals surface area contributed by atoms with Crippen LogP contribution in [0.1, 0.15) is 13.3 Å². The SMILES string of the molecule is COCCNS(=O)(=O)N(C)C(C)CC(N)=S. The lowest BCUT2D eigenvalue weighted by Gasteiger charge is -2.23. The van der Waals surface area contributed by atoms with Gasteiger partial charge in [0.15, 0.2) is 0 Å². The average Bonchev–Trinajstić information content (AvgIpc) is 2.15. The van der Waals surface area contributed by atoms with E-state index in [2.05, 4.69) is 4.72 Å². The normalized spacial score (nSPS) is 14.0. The van der Waals surface area contributed by atoms with E-state index in [9.17, 15) is 8.42 Å². The Bertz CT molecular complexity index is 318. The van der Waals surface area contributed by atoms with E-state index < -0.39 is 10.2 Å². The third-order valence-electron chi connectivity index (χ3n) is 2.09. The standard InChI is InChI=1S/C8H19N3O3S2/c1-7(6-8(9)15)11(2)16(12,13)10-4-5-14-3/h7,10H,4-6H2,1-3H3,(H2,9,15). The highest BCUT2D eigenvalue weighted by Crippen LogP contribution is 2.05. The molecule has 1 unspecified atom stereocenters. The van der Waals surface area contributed by atoms with Crippen molar-refractivity contribution in [2.24, 2.45) is 5.73 Å². The van der Waals surface area contributed by atoms with E-state index in [1.807, 2.05) is 0 Å². The number of hydrogen-bond acceptors (Lipinski definition) is 4. The molecular formula is C8H19N3O3S2. The van der Waals surface area contributed by atoms with Crippen LogP contribution in [0.2, 0.25) is 0 Å². The Morgan fingerprint density at radius 3 is 2.62 bits per heavy atom. The Morgan fingerprint density at radius 1 is 1.62 bits per heavy atom. The number of nitrogens with zero attached hydrogens (tertiary/aromatic N) is 1. The van der Waals surface area contributed by atoms with Gasteiger partial charge in [-0.15, -0.1) is 0 Å². The van der Waals surface area contributed by atoms with Crippen LogP contribution in [0, 0.1) is 0 Å². The molecule has 3 N–H and O–H groups in total. The van der Waals surface area contributed by atoms with E-state index in [0.717, 1.165) is 0 Å². The van der Waals surface area contributed by atoms with Crippen molar-refractivity contribution in [2.75, 3.05) is 27.3 Å². The quantitative estimate of drug-likeness (QED) is 0.457. The highest BCUT2D eigenvalue weighted by molar-refractivity contribution is 7.87. The van der Waals surface area contributed by atoms with Crippen LogP contribution >= 0.6 is 12.2 Å². The lowest BCUT2D eigenvalue weighted by atomic mass is 10.2. The molecule has 0 radical (unpaired) electrons. The van der Waals surface area contributed by atoms with E-state index in [1.54, 1.807) is 6.92 Å². The summed E-state index contributed by atoms with van der Waals surface area (Å²) < 4.78 is 31.8. The van der Waals surface area contributed by atoms with Crippen molar-refractivity contribution in [3.63, 3.8) is 0 Å². The minimum Gasteiger partial charge on any atom is -0.393 e. The van der Waals surface area contributed by atoms with Crippen LogP contribution in [-0.4, -0.2) is 51.1 Å². The number of nitrogens with one attached hydrogen (secondary N) is 1. The molecular weight excluding hydrogens is 250 g/mol. The molecule has 8 heteroatoms. The summed E-state index contributed by atoms with van der Waals surface area (Å²) in [7, 11) is -0.498. The molecule has 0 spiro atoms. The van der Waals surface area contributed by atoms with Crippen LogP contribution < -0.4 is 10.5 Å². The molecule has 6 nitrogen and oxygen atoms in total. The van der Waals surface area contributed by atoms with E-state index in [4.69, 9.17) is 22.7 Å². The maximum absolute atomic E-state index is 11.7. The molecule has 0 aliphatic rings. The van der Waals surface area contributed by atoms with E-state index in [-0.39, 0.29) is 12.6 Å². The summed E-state index contributed by atoms with van der Waals surface area (Å²) in [5.74, 6) is 0. The van der Waals surface area contributed by atoms with Crippen LogP contribution in [-0.2, 0) is 14.9 Å². The molecule has 0 aromatic heterocycles. The van der Waals surface area contributed by atoms with Gasteiger partial charge in [-0.3, -0.25) is 0 Å². The van der Waals surface area contributed by atoms with Gasteiger partial charge in [0.05, 0.1) is 11.6 Å². The summed E-state index contributed by atoms with van der Waals surface area (Å²) >= 11 is 4.74. The molecule has 0 amide bonds. The van der Waals surface area contributed by atoms with E-state index in [1.165, 1.54) is 18.5 Å². The van der Waals surface area contributed by atoms with E-state index >= 15 is 0 Å². The summed E-state index contributed by atoms with van der Waals surface area (Å²) in [5.41, 5.74) is 5.37. The average molecular weight is 269 g/mol. The van der Waals surface area contributed by atoms with Gasteiger partial charge in [0.2, 0.25) is 0 Å². The molecule has 16 heavy (non-hydrogen) atoms. The van der Waals surface area contributed by atoms with Crippen molar-refractivity contribution < 1.29 is 13.2 Å². The number of ether oxygens (including phenoxy) is 1. The highest BCUT2D eigenvalue weighted by Gasteiger charge is 2.22. The predicted molar refractivity (Wildman–Crippen MR) is 67.4 cm³/mol. The molecule has 0 saturated carbocycles. The first kappa shape index (κ1) is 15.7. The van der Waals surface area contributed by atoms with Gasteiger partial charge >= 0.3 is 0 Å². The van der Waals surface area contributed by atoms with Gasteiger partial charge in [0.25, 0.3) is 10.2 Å².